The van der Waals surface area contributed by atoms with E-state index in [0.717, 1.165) is 0 Å². The van der Waals surface area contributed by atoms with Gasteiger partial charge in [0, 0.05) is 6.54 Å². The van der Waals surface area contributed by atoms with E-state index < -0.39 is 0 Å². The van der Waals surface area contributed by atoms with E-state index in [0.29, 0.717) is 0 Å². The maximum atomic E-state index is 2.45. The summed E-state index contributed by atoms with van der Waals surface area (Å²) in [6.07, 6.45) is 6.61. The maximum absolute atomic E-state index is 2.45. The first kappa shape index (κ1) is 16.5. The highest BCUT2D eigenvalue weighted by Crippen LogP contribution is 2.03. The lowest BCUT2D eigenvalue weighted by atomic mass is 10.1. The molecule has 1 nitrogen and oxygen atoms in total. The molecule has 0 bridgehead atoms. The fraction of sp³-hybridized carbons (Fsp3) is 0.600. The molecule has 0 spiro atoms. The predicted octanol–water partition coefficient (Wildman–Crippen LogP) is 4.16. The molecule has 0 heterocycles. The average Bonchev–Trinajstić information content (AvgIpc) is 2.33. The van der Waals surface area contributed by atoms with Gasteiger partial charge in [-0.25, -0.2) is 0 Å². The molecule has 0 saturated heterocycles. The molecule has 0 aliphatic rings. The fourth-order valence-corrected chi connectivity index (χ4v) is 1.88. The van der Waals surface area contributed by atoms with Crippen molar-refractivity contribution in [2.45, 2.75) is 39.0 Å². The number of rotatable bonds is 8. The van der Waals surface area contributed by atoms with E-state index in [9.17, 15) is 0 Å². The SMILES string of the molecule is CCCCCCN(C)CCc1ccccc1.Cl. The van der Waals surface area contributed by atoms with Crippen molar-refractivity contribution in [2.24, 2.45) is 0 Å². The van der Waals surface area contributed by atoms with E-state index in [2.05, 4.69) is 49.2 Å². The predicted molar refractivity (Wildman–Crippen MR) is 79.0 cm³/mol. The van der Waals surface area contributed by atoms with E-state index in [1.807, 2.05) is 0 Å². The van der Waals surface area contributed by atoms with Gasteiger partial charge in [-0.1, -0.05) is 56.5 Å². The minimum absolute atomic E-state index is 0. The third-order valence-electron chi connectivity index (χ3n) is 3.02. The molecule has 0 fully saturated rings. The first-order valence-corrected chi connectivity index (χ1v) is 6.55. The summed E-state index contributed by atoms with van der Waals surface area (Å²) in [5, 5.41) is 0. The molecular formula is C15H26ClN. The number of benzene rings is 1. The second kappa shape index (κ2) is 10.6. The summed E-state index contributed by atoms with van der Waals surface area (Å²) in [4.78, 5) is 2.45. The van der Waals surface area contributed by atoms with Crippen molar-refractivity contribution < 1.29 is 0 Å². The van der Waals surface area contributed by atoms with Crippen LogP contribution in [0.5, 0.6) is 0 Å². The average molecular weight is 256 g/mol. The van der Waals surface area contributed by atoms with Gasteiger partial charge in [-0.3, -0.25) is 0 Å². The van der Waals surface area contributed by atoms with Crippen LogP contribution in [0.15, 0.2) is 30.3 Å². The van der Waals surface area contributed by atoms with Crippen LogP contribution in [0.3, 0.4) is 0 Å². The van der Waals surface area contributed by atoms with Gasteiger partial charge in [0.1, 0.15) is 0 Å². The maximum Gasteiger partial charge on any atom is 0.00188 e. The van der Waals surface area contributed by atoms with Gasteiger partial charge in [0.25, 0.3) is 0 Å². The molecule has 0 aromatic heterocycles. The van der Waals surface area contributed by atoms with Crippen molar-refractivity contribution in [2.75, 3.05) is 20.1 Å². The highest BCUT2D eigenvalue weighted by molar-refractivity contribution is 5.85. The highest BCUT2D eigenvalue weighted by atomic mass is 35.5. The second-order valence-electron chi connectivity index (χ2n) is 4.60. The molecule has 0 aliphatic heterocycles. The van der Waals surface area contributed by atoms with Crippen LogP contribution in [-0.2, 0) is 6.42 Å². The summed E-state index contributed by atoms with van der Waals surface area (Å²) in [6, 6.07) is 10.8. The van der Waals surface area contributed by atoms with Gasteiger partial charge in [-0.05, 0) is 32.0 Å². The zero-order chi connectivity index (χ0) is 11.6. The van der Waals surface area contributed by atoms with Gasteiger partial charge in [-0.15, -0.1) is 12.4 Å². The molecule has 17 heavy (non-hydrogen) atoms. The number of halogens is 1. The van der Waals surface area contributed by atoms with E-state index in [1.54, 1.807) is 0 Å². The summed E-state index contributed by atoms with van der Waals surface area (Å²) in [7, 11) is 2.23. The molecule has 1 aromatic rings. The van der Waals surface area contributed by atoms with E-state index >= 15 is 0 Å². The standard InChI is InChI=1S/C15H25N.ClH/c1-3-4-5-9-13-16(2)14-12-15-10-7-6-8-11-15;/h6-8,10-11H,3-5,9,12-14H2,1-2H3;1H. The van der Waals surface area contributed by atoms with Gasteiger partial charge >= 0.3 is 0 Å². The van der Waals surface area contributed by atoms with Crippen molar-refractivity contribution in [1.82, 2.24) is 4.90 Å². The van der Waals surface area contributed by atoms with E-state index in [-0.39, 0.29) is 12.4 Å². The zero-order valence-corrected chi connectivity index (χ0v) is 12.0. The molecule has 2 heteroatoms. The van der Waals surface area contributed by atoms with Crippen molar-refractivity contribution in [1.29, 1.82) is 0 Å². The Kier molecular flexibility index (Phi) is 10.3. The largest absolute Gasteiger partial charge is 0.306 e. The molecule has 0 unspecified atom stereocenters. The van der Waals surface area contributed by atoms with E-state index in [4.69, 9.17) is 0 Å². The Labute approximate surface area is 113 Å². The fourth-order valence-electron chi connectivity index (χ4n) is 1.88. The molecule has 98 valence electrons. The van der Waals surface area contributed by atoms with Crippen LogP contribution in [0.25, 0.3) is 0 Å². The van der Waals surface area contributed by atoms with Crippen LogP contribution >= 0.6 is 12.4 Å². The molecule has 1 rings (SSSR count). The van der Waals surface area contributed by atoms with E-state index in [1.165, 1.54) is 50.8 Å². The van der Waals surface area contributed by atoms with Crippen molar-refractivity contribution in [3.63, 3.8) is 0 Å². The summed E-state index contributed by atoms with van der Waals surface area (Å²) in [6.45, 7) is 4.68. The lowest BCUT2D eigenvalue weighted by Gasteiger charge is -2.16. The summed E-state index contributed by atoms with van der Waals surface area (Å²) in [5.41, 5.74) is 1.45. The Balaban J connectivity index is 0.00000256. The van der Waals surface area contributed by atoms with Crippen molar-refractivity contribution in [3.05, 3.63) is 35.9 Å². The third-order valence-corrected chi connectivity index (χ3v) is 3.02. The van der Waals surface area contributed by atoms with Crippen LogP contribution in [0, 0.1) is 0 Å². The molecular weight excluding hydrogens is 230 g/mol. The minimum Gasteiger partial charge on any atom is -0.306 e. The molecule has 1 aromatic carbocycles. The van der Waals surface area contributed by atoms with Gasteiger partial charge in [-0.2, -0.15) is 0 Å². The molecule has 0 amide bonds. The quantitative estimate of drug-likeness (QED) is 0.631. The van der Waals surface area contributed by atoms with Crippen LogP contribution in [0.1, 0.15) is 38.2 Å². The monoisotopic (exact) mass is 255 g/mol. The molecule has 0 atom stereocenters. The topological polar surface area (TPSA) is 3.24 Å². The number of likely N-dealkylation sites (N-methyl/N-ethyl adjacent to an activating group) is 1. The lowest BCUT2D eigenvalue weighted by molar-refractivity contribution is 0.328. The summed E-state index contributed by atoms with van der Waals surface area (Å²) >= 11 is 0. The Morgan fingerprint density at radius 3 is 2.29 bits per heavy atom. The Hall–Kier alpha value is -0.530. The first-order valence-electron chi connectivity index (χ1n) is 6.55. The Morgan fingerprint density at radius 1 is 0.941 bits per heavy atom. The Bertz CT molecular complexity index is 261. The van der Waals surface area contributed by atoms with Crippen molar-refractivity contribution in [3.8, 4) is 0 Å². The van der Waals surface area contributed by atoms with Crippen LogP contribution in [0.2, 0.25) is 0 Å². The van der Waals surface area contributed by atoms with Crippen LogP contribution in [-0.4, -0.2) is 25.0 Å². The molecule has 0 radical (unpaired) electrons. The number of hydrogen-bond donors (Lipinski definition) is 0. The van der Waals surface area contributed by atoms with Gasteiger partial charge in [0.2, 0.25) is 0 Å². The number of unbranched alkanes of at least 4 members (excludes halogenated alkanes) is 3. The molecule has 0 saturated carbocycles. The number of nitrogens with zero attached hydrogens (tertiary/aromatic N) is 1. The lowest BCUT2D eigenvalue weighted by Crippen LogP contribution is -2.22. The van der Waals surface area contributed by atoms with Gasteiger partial charge in [0.05, 0.1) is 0 Å². The molecule has 0 N–H and O–H groups in total. The minimum atomic E-state index is 0. The van der Waals surface area contributed by atoms with Gasteiger partial charge < -0.3 is 4.90 Å². The van der Waals surface area contributed by atoms with Crippen molar-refractivity contribution >= 4 is 12.4 Å². The first-order chi connectivity index (χ1) is 7.83. The van der Waals surface area contributed by atoms with Crippen LogP contribution in [0.4, 0.5) is 0 Å². The highest BCUT2D eigenvalue weighted by Gasteiger charge is 1.98. The second-order valence-corrected chi connectivity index (χ2v) is 4.60. The molecule has 0 aliphatic carbocycles. The van der Waals surface area contributed by atoms with Crippen LogP contribution < -0.4 is 0 Å². The zero-order valence-electron chi connectivity index (χ0n) is 11.2. The number of hydrogen-bond acceptors (Lipinski definition) is 1. The summed E-state index contributed by atoms with van der Waals surface area (Å²) in [5.74, 6) is 0. The normalized spacial score (nSPS) is 10.3. The summed E-state index contributed by atoms with van der Waals surface area (Å²) < 4.78 is 0. The van der Waals surface area contributed by atoms with Gasteiger partial charge in [0.15, 0.2) is 0 Å². The smallest absolute Gasteiger partial charge is 0.00188 e. The third kappa shape index (κ3) is 8.23. The Morgan fingerprint density at radius 2 is 1.65 bits per heavy atom.